The van der Waals surface area contributed by atoms with Crippen molar-refractivity contribution in [2.45, 2.75) is 131 Å². The maximum atomic E-state index is 11.9. The average molecular weight is 439 g/mol. The molecule has 4 heteroatoms. The second-order valence-corrected chi connectivity index (χ2v) is 9.49. The molecular formula is C27H50O4. The van der Waals surface area contributed by atoms with Gasteiger partial charge < -0.3 is 9.47 Å². The molecule has 0 radical (unpaired) electrons. The van der Waals surface area contributed by atoms with Gasteiger partial charge in [0, 0.05) is 12.2 Å². The SMILES string of the molecule is CCCCCCCCCCCCCCCCOC(=O)/C=C/C(=O)OC(C(C)C)C(C)C. The lowest BCUT2D eigenvalue weighted by molar-refractivity contribution is -0.148. The van der Waals surface area contributed by atoms with E-state index in [2.05, 4.69) is 6.92 Å². The van der Waals surface area contributed by atoms with E-state index in [9.17, 15) is 9.59 Å². The Morgan fingerprint density at radius 1 is 0.613 bits per heavy atom. The highest BCUT2D eigenvalue weighted by Crippen LogP contribution is 2.16. The molecule has 31 heavy (non-hydrogen) atoms. The van der Waals surface area contributed by atoms with Crippen LogP contribution >= 0.6 is 0 Å². The Morgan fingerprint density at radius 3 is 1.42 bits per heavy atom. The molecule has 0 amide bonds. The molecule has 0 saturated heterocycles. The van der Waals surface area contributed by atoms with Crippen molar-refractivity contribution in [1.82, 2.24) is 0 Å². The minimum absolute atomic E-state index is 0.149. The minimum Gasteiger partial charge on any atom is -0.463 e. The molecule has 4 nitrogen and oxygen atoms in total. The van der Waals surface area contributed by atoms with E-state index in [1.165, 1.54) is 89.2 Å². The quantitative estimate of drug-likeness (QED) is 0.111. The van der Waals surface area contributed by atoms with Crippen molar-refractivity contribution < 1.29 is 19.1 Å². The predicted octanol–water partition coefficient (Wildman–Crippen LogP) is 7.79. The minimum atomic E-state index is -0.485. The lowest BCUT2D eigenvalue weighted by Crippen LogP contribution is -2.28. The molecular weight excluding hydrogens is 388 g/mol. The number of rotatable bonds is 20. The molecule has 0 aliphatic heterocycles. The van der Waals surface area contributed by atoms with E-state index in [0.29, 0.717) is 6.61 Å². The van der Waals surface area contributed by atoms with Gasteiger partial charge in [-0.1, -0.05) is 118 Å². The zero-order valence-electron chi connectivity index (χ0n) is 21.1. The molecule has 0 rings (SSSR count). The Kier molecular flexibility index (Phi) is 19.7. The zero-order chi connectivity index (χ0) is 23.3. The molecule has 0 aromatic heterocycles. The molecule has 0 N–H and O–H groups in total. The monoisotopic (exact) mass is 438 g/mol. The zero-order valence-corrected chi connectivity index (χ0v) is 21.1. The number of hydrogen-bond acceptors (Lipinski definition) is 4. The number of carbonyl (C=O) groups excluding carboxylic acids is 2. The van der Waals surface area contributed by atoms with Crippen LogP contribution in [0.5, 0.6) is 0 Å². The summed E-state index contributed by atoms with van der Waals surface area (Å²) in [4.78, 5) is 23.6. The topological polar surface area (TPSA) is 52.6 Å². The van der Waals surface area contributed by atoms with Gasteiger partial charge in [0.2, 0.25) is 0 Å². The summed E-state index contributed by atoms with van der Waals surface area (Å²) in [6.45, 7) is 10.8. The molecule has 0 saturated carbocycles. The Morgan fingerprint density at radius 2 is 1.00 bits per heavy atom. The molecule has 0 aromatic rings. The lowest BCUT2D eigenvalue weighted by atomic mass is 9.96. The normalized spacial score (nSPS) is 11.7. The fourth-order valence-electron chi connectivity index (χ4n) is 3.87. The number of carbonyl (C=O) groups is 2. The molecule has 0 spiro atoms. The first-order valence-electron chi connectivity index (χ1n) is 12.9. The van der Waals surface area contributed by atoms with E-state index in [1.54, 1.807) is 0 Å². The Hall–Kier alpha value is -1.32. The highest BCUT2D eigenvalue weighted by Gasteiger charge is 2.20. The van der Waals surface area contributed by atoms with Crippen LogP contribution in [0.4, 0.5) is 0 Å². The van der Waals surface area contributed by atoms with Crippen LogP contribution < -0.4 is 0 Å². The summed E-state index contributed by atoms with van der Waals surface area (Å²) < 4.78 is 10.6. The fourth-order valence-corrected chi connectivity index (χ4v) is 3.87. The predicted molar refractivity (Wildman–Crippen MR) is 130 cm³/mol. The van der Waals surface area contributed by atoms with Crippen molar-refractivity contribution in [1.29, 1.82) is 0 Å². The van der Waals surface area contributed by atoms with Crippen LogP contribution in [0.3, 0.4) is 0 Å². The molecule has 0 aromatic carbocycles. The van der Waals surface area contributed by atoms with Crippen LogP contribution in [0.2, 0.25) is 0 Å². The second-order valence-electron chi connectivity index (χ2n) is 9.49. The van der Waals surface area contributed by atoms with Gasteiger partial charge in [0.1, 0.15) is 6.10 Å². The molecule has 182 valence electrons. The summed E-state index contributed by atoms with van der Waals surface area (Å²) in [6, 6.07) is 0. The van der Waals surface area contributed by atoms with Crippen molar-refractivity contribution in [3.63, 3.8) is 0 Å². The maximum absolute atomic E-state index is 11.9. The first kappa shape index (κ1) is 29.7. The van der Waals surface area contributed by atoms with Gasteiger partial charge in [-0.3, -0.25) is 0 Å². The summed E-state index contributed by atoms with van der Waals surface area (Å²) in [7, 11) is 0. The summed E-state index contributed by atoms with van der Waals surface area (Å²) in [5.41, 5.74) is 0. The maximum Gasteiger partial charge on any atom is 0.331 e. The Balaban J connectivity index is 3.55. The third-order valence-corrected chi connectivity index (χ3v) is 5.66. The number of hydrogen-bond donors (Lipinski definition) is 0. The second kappa shape index (κ2) is 20.6. The summed E-state index contributed by atoms with van der Waals surface area (Å²) in [6.07, 6.45) is 20.4. The van der Waals surface area contributed by atoms with Gasteiger partial charge in [0.15, 0.2) is 0 Å². The Labute approximate surface area is 192 Å². The number of esters is 2. The molecule has 0 bridgehead atoms. The summed E-state index contributed by atoms with van der Waals surface area (Å²) in [5.74, 6) is -0.479. The average Bonchev–Trinajstić information content (AvgIpc) is 2.72. The summed E-state index contributed by atoms with van der Waals surface area (Å²) in [5, 5.41) is 0. The van der Waals surface area contributed by atoms with Crippen LogP contribution in [-0.4, -0.2) is 24.6 Å². The van der Waals surface area contributed by atoms with Gasteiger partial charge in [-0.05, 0) is 18.3 Å². The van der Waals surface area contributed by atoms with Gasteiger partial charge in [-0.25, -0.2) is 9.59 Å². The first-order chi connectivity index (χ1) is 14.9. The van der Waals surface area contributed by atoms with Crippen molar-refractivity contribution in [2.24, 2.45) is 11.8 Å². The van der Waals surface area contributed by atoms with E-state index in [4.69, 9.17) is 9.47 Å². The van der Waals surface area contributed by atoms with Gasteiger partial charge in [0.25, 0.3) is 0 Å². The third-order valence-electron chi connectivity index (χ3n) is 5.66. The van der Waals surface area contributed by atoms with Crippen LogP contribution in [0.15, 0.2) is 12.2 Å². The molecule has 0 aliphatic rings. The van der Waals surface area contributed by atoms with Crippen LogP contribution in [0.1, 0.15) is 125 Å². The van der Waals surface area contributed by atoms with Crippen LogP contribution in [0, 0.1) is 11.8 Å². The molecule has 0 unspecified atom stereocenters. The Bertz CT molecular complexity index is 460. The van der Waals surface area contributed by atoms with Gasteiger partial charge in [-0.15, -0.1) is 0 Å². The highest BCUT2D eigenvalue weighted by atomic mass is 16.5. The number of unbranched alkanes of at least 4 members (excludes halogenated alkanes) is 13. The van der Waals surface area contributed by atoms with Crippen molar-refractivity contribution >= 4 is 11.9 Å². The van der Waals surface area contributed by atoms with Crippen molar-refractivity contribution in [2.75, 3.05) is 6.61 Å². The van der Waals surface area contributed by atoms with E-state index in [0.717, 1.165) is 12.8 Å². The van der Waals surface area contributed by atoms with E-state index in [1.807, 2.05) is 27.7 Å². The van der Waals surface area contributed by atoms with Gasteiger partial charge in [-0.2, -0.15) is 0 Å². The van der Waals surface area contributed by atoms with E-state index >= 15 is 0 Å². The highest BCUT2D eigenvalue weighted by molar-refractivity contribution is 5.91. The molecule has 0 fully saturated rings. The lowest BCUT2D eigenvalue weighted by Gasteiger charge is -2.24. The smallest absolute Gasteiger partial charge is 0.331 e. The summed E-state index contributed by atoms with van der Waals surface area (Å²) >= 11 is 0. The van der Waals surface area contributed by atoms with E-state index < -0.39 is 11.9 Å². The van der Waals surface area contributed by atoms with Crippen LogP contribution in [0.25, 0.3) is 0 Å². The third kappa shape index (κ3) is 19.1. The molecule has 0 heterocycles. The number of ether oxygens (including phenoxy) is 2. The largest absolute Gasteiger partial charge is 0.463 e. The van der Waals surface area contributed by atoms with Crippen LogP contribution in [-0.2, 0) is 19.1 Å². The van der Waals surface area contributed by atoms with Gasteiger partial charge in [0.05, 0.1) is 6.61 Å². The van der Waals surface area contributed by atoms with Gasteiger partial charge >= 0.3 is 11.9 Å². The van der Waals surface area contributed by atoms with Crippen molar-refractivity contribution in [3.8, 4) is 0 Å². The first-order valence-corrected chi connectivity index (χ1v) is 12.9. The van der Waals surface area contributed by atoms with E-state index in [-0.39, 0.29) is 17.9 Å². The molecule has 0 atom stereocenters. The standard InChI is InChI=1S/C27H50O4/c1-6-7-8-9-10-11-12-13-14-15-16-17-18-19-22-30-25(28)20-21-26(29)31-27(23(2)3)24(4)5/h20-21,23-24,27H,6-19,22H2,1-5H3/b21-20+. The molecule has 0 aliphatic carbocycles. The fraction of sp³-hybridized carbons (Fsp3) is 0.852. The van der Waals surface area contributed by atoms with Crippen molar-refractivity contribution in [3.05, 3.63) is 12.2 Å².